The highest BCUT2D eigenvalue weighted by atomic mass is 32.2. The third-order valence-corrected chi connectivity index (χ3v) is 4.14. The maximum absolute atomic E-state index is 13.8. The molecule has 0 amide bonds. The number of likely N-dealkylation sites (N-methyl/N-ethyl adjacent to an activating group) is 1. The molecule has 2 N–H and O–H groups in total. The number of anilines is 1. The molecule has 0 heterocycles. The minimum absolute atomic E-state index is 0.107. The molecule has 1 rings (SSSR count). The van der Waals surface area contributed by atoms with Crippen molar-refractivity contribution in [1.29, 1.82) is 0 Å². The molecule has 0 fully saturated rings. The van der Waals surface area contributed by atoms with E-state index in [0.717, 1.165) is 10.4 Å². The van der Waals surface area contributed by atoms with Gasteiger partial charge in [-0.25, -0.2) is 12.8 Å². The summed E-state index contributed by atoms with van der Waals surface area (Å²) in [6, 6.07) is 2.51. The van der Waals surface area contributed by atoms with E-state index in [9.17, 15) is 12.8 Å². The molecular weight excluding hydrogens is 243 g/mol. The van der Waals surface area contributed by atoms with Gasteiger partial charge in [-0.15, -0.1) is 6.58 Å². The summed E-state index contributed by atoms with van der Waals surface area (Å²) in [5.41, 5.74) is 5.95. The van der Waals surface area contributed by atoms with Gasteiger partial charge in [-0.1, -0.05) is 6.08 Å². The van der Waals surface area contributed by atoms with E-state index >= 15 is 0 Å². The zero-order chi connectivity index (χ0) is 13.2. The highest BCUT2D eigenvalue weighted by molar-refractivity contribution is 7.89. The first-order valence-electron chi connectivity index (χ1n) is 4.93. The van der Waals surface area contributed by atoms with E-state index in [0.29, 0.717) is 0 Å². The van der Waals surface area contributed by atoms with Crippen LogP contribution in [-0.2, 0) is 10.0 Å². The number of benzene rings is 1. The normalized spacial score (nSPS) is 11.8. The quantitative estimate of drug-likeness (QED) is 0.658. The van der Waals surface area contributed by atoms with Gasteiger partial charge in [0.05, 0.1) is 0 Å². The first-order valence-corrected chi connectivity index (χ1v) is 6.37. The van der Waals surface area contributed by atoms with Gasteiger partial charge in [-0.05, 0) is 24.6 Å². The molecule has 94 valence electrons. The molecule has 0 saturated heterocycles. The monoisotopic (exact) mass is 258 g/mol. The molecule has 0 aliphatic carbocycles. The zero-order valence-electron chi connectivity index (χ0n) is 9.77. The number of nitrogens with two attached hydrogens (primary N) is 1. The Morgan fingerprint density at radius 2 is 2.12 bits per heavy atom. The zero-order valence-corrected chi connectivity index (χ0v) is 10.6. The van der Waals surface area contributed by atoms with Crippen LogP contribution in [0.25, 0.3) is 0 Å². The van der Waals surface area contributed by atoms with Crippen molar-refractivity contribution in [2.45, 2.75) is 11.8 Å². The van der Waals surface area contributed by atoms with Gasteiger partial charge in [0.2, 0.25) is 10.0 Å². The second kappa shape index (κ2) is 4.85. The summed E-state index contributed by atoms with van der Waals surface area (Å²) in [7, 11) is -2.51. The predicted octanol–water partition coefficient (Wildman–Crippen LogP) is 1.52. The number of halogens is 1. The predicted molar refractivity (Wildman–Crippen MR) is 65.6 cm³/mol. The number of rotatable bonds is 4. The Morgan fingerprint density at radius 1 is 1.53 bits per heavy atom. The van der Waals surface area contributed by atoms with Gasteiger partial charge >= 0.3 is 0 Å². The van der Waals surface area contributed by atoms with Crippen molar-refractivity contribution in [3.8, 4) is 0 Å². The van der Waals surface area contributed by atoms with E-state index in [4.69, 9.17) is 5.73 Å². The lowest BCUT2D eigenvalue weighted by Crippen LogP contribution is -2.28. The maximum Gasteiger partial charge on any atom is 0.246 e. The van der Waals surface area contributed by atoms with E-state index < -0.39 is 20.7 Å². The number of aryl methyl sites for hydroxylation is 1. The Bertz CT molecular complexity index is 541. The van der Waals surface area contributed by atoms with Crippen LogP contribution >= 0.6 is 0 Å². The minimum Gasteiger partial charge on any atom is -0.399 e. The summed E-state index contributed by atoms with van der Waals surface area (Å²) in [5.74, 6) is -0.768. The van der Waals surface area contributed by atoms with E-state index in [1.165, 1.54) is 26.1 Å². The van der Waals surface area contributed by atoms with Crippen LogP contribution in [0.1, 0.15) is 5.56 Å². The van der Waals surface area contributed by atoms with Crippen LogP contribution in [0, 0.1) is 12.7 Å². The molecule has 4 nitrogen and oxygen atoms in total. The molecule has 0 saturated carbocycles. The van der Waals surface area contributed by atoms with Gasteiger partial charge in [0, 0.05) is 19.3 Å². The van der Waals surface area contributed by atoms with Crippen LogP contribution < -0.4 is 5.73 Å². The first kappa shape index (κ1) is 13.7. The molecule has 0 unspecified atom stereocenters. The third-order valence-electron chi connectivity index (χ3n) is 2.32. The number of hydrogen-bond acceptors (Lipinski definition) is 3. The van der Waals surface area contributed by atoms with Crippen molar-refractivity contribution in [2.75, 3.05) is 19.3 Å². The van der Waals surface area contributed by atoms with Gasteiger partial charge in [-0.2, -0.15) is 4.31 Å². The maximum atomic E-state index is 13.8. The van der Waals surface area contributed by atoms with E-state index in [-0.39, 0.29) is 17.8 Å². The second-order valence-corrected chi connectivity index (χ2v) is 5.74. The third kappa shape index (κ3) is 2.65. The van der Waals surface area contributed by atoms with Crippen molar-refractivity contribution in [3.05, 3.63) is 36.2 Å². The molecule has 0 radical (unpaired) electrons. The minimum atomic E-state index is -3.87. The Kier molecular flexibility index (Phi) is 3.90. The molecule has 17 heavy (non-hydrogen) atoms. The Morgan fingerprint density at radius 3 is 2.65 bits per heavy atom. The van der Waals surface area contributed by atoms with Crippen LogP contribution in [0.5, 0.6) is 0 Å². The second-order valence-electron chi connectivity index (χ2n) is 3.72. The Labute approximate surface area is 101 Å². The molecular formula is C11H15FN2O2S. The van der Waals surface area contributed by atoms with Crippen LogP contribution in [-0.4, -0.2) is 26.3 Å². The van der Waals surface area contributed by atoms with E-state index in [2.05, 4.69) is 6.58 Å². The van der Waals surface area contributed by atoms with Gasteiger partial charge in [0.1, 0.15) is 10.7 Å². The molecule has 0 aliphatic heterocycles. The van der Waals surface area contributed by atoms with Crippen molar-refractivity contribution < 1.29 is 12.8 Å². The summed E-state index contributed by atoms with van der Waals surface area (Å²) in [6.45, 7) is 5.02. The van der Waals surface area contributed by atoms with Crippen LogP contribution in [0.15, 0.2) is 29.7 Å². The fourth-order valence-corrected chi connectivity index (χ4v) is 2.71. The molecule has 0 aromatic heterocycles. The highest BCUT2D eigenvalue weighted by Crippen LogP contribution is 2.23. The number of nitrogens with zero attached hydrogens (tertiary/aromatic N) is 1. The number of sulfonamides is 1. The van der Waals surface area contributed by atoms with E-state index in [1.807, 2.05) is 0 Å². The molecule has 1 aromatic rings. The smallest absolute Gasteiger partial charge is 0.246 e. The number of nitrogen functional groups attached to an aromatic ring is 1. The van der Waals surface area contributed by atoms with Crippen LogP contribution in [0.4, 0.5) is 10.1 Å². The molecule has 6 heteroatoms. The van der Waals surface area contributed by atoms with Gasteiger partial charge in [0.15, 0.2) is 0 Å². The molecule has 0 aliphatic rings. The van der Waals surface area contributed by atoms with Crippen molar-refractivity contribution in [3.63, 3.8) is 0 Å². The SMILES string of the molecule is C=CCN(C)S(=O)(=O)c1cc(N)cc(C)c1F. The van der Waals surface area contributed by atoms with Crippen molar-refractivity contribution in [2.24, 2.45) is 0 Å². The topological polar surface area (TPSA) is 63.4 Å². The first-order chi connectivity index (χ1) is 7.80. The molecule has 0 atom stereocenters. The van der Waals surface area contributed by atoms with Crippen LogP contribution in [0.3, 0.4) is 0 Å². The molecule has 1 aromatic carbocycles. The lowest BCUT2D eigenvalue weighted by Gasteiger charge is -2.16. The summed E-state index contributed by atoms with van der Waals surface area (Å²) in [6.07, 6.45) is 1.43. The van der Waals surface area contributed by atoms with Crippen molar-refractivity contribution >= 4 is 15.7 Å². The van der Waals surface area contributed by atoms with Gasteiger partial charge in [0.25, 0.3) is 0 Å². The largest absolute Gasteiger partial charge is 0.399 e. The summed E-state index contributed by atoms with van der Waals surface area (Å²) < 4.78 is 38.9. The summed E-state index contributed by atoms with van der Waals surface area (Å²) in [4.78, 5) is -0.403. The Balaban J connectivity index is 3.38. The molecule has 0 bridgehead atoms. The van der Waals surface area contributed by atoms with Gasteiger partial charge < -0.3 is 5.73 Å². The lowest BCUT2D eigenvalue weighted by molar-refractivity contribution is 0.488. The average molecular weight is 258 g/mol. The highest BCUT2D eigenvalue weighted by Gasteiger charge is 2.25. The van der Waals surface area contributed by atoms with E-state index in [1.54, 1.807) is 0 Å². The molecule has 0 spiro atoms. The number of hydrogen-bond donors (Lipinski definition) is 1. The average Bonchev–Trinajstić information content (AvgIpc) is 2.23. The van der Waals surface area contributed by atoms with Crippen molar-refractivity contribution in [1.82, 2.24) is 4.31 Å². The fraction of sp³-hybridized carbons (Fsp3) is 0.273. The lowest BCUT2D eigenvalue weighted by atomic mass is 10.2. The van der Waals surface area contributed by atoms with Gasteiger partial charge in [-0.3, -0.25) is 0 Å². The summed E-state index contributed by atoms with van der Waals surface area (Å²) >= 11 is 0. The summed E-state index contributed by atoms with van der Waals surface area (Å²) in [5, 5.41) is 0. The standard InChI is InChI=1S/C11H15FN2O2S/c1-4-5-14(3)17(15,16)10-7-9(13)6-8(2)11(10)12/h4,6-7H,1,5,13H2,2-3H3. The Hall–Kier alpha value is -1.40. The van der Waals surface area contributed by atoms with Crippen LogP contribution in [0.2, 0.25) is 0 Å². The fourth-order valence-electron chi connectivity index (χ4n) is 1.40.